The largest absolute Gasteiger partial charge is 0.481 e. The first-order chi connectivity index (χ1) is 13.9. The molecule has 1 unspecified atom stereocenters. The minimum atomic E-state index is -0.745. The summed E-state index contributed by atoms with van der Waals surface area (Å²) in [6.45, 7) is 1.64. The van der Waals surface area contributed by atoms with E-state index in [2.05, 4.69) is 5.32 Å². The van der Waals surface area contributed by atoms with Gasteiger partial charge in [-0.3, -0.25) is 9.59 Å². The minimum absolute atomic E-state index is 0.180. The van der Waals surface area contributed by atoms with E-state index >= 15 is 0 Å². The minimum Gasteiger partial charge on any atom is -0.481 e. The number of fused-ring (bicyclic) bond motifs is 2. The van der Waals surface area contributed by atoms with E-state index in [1.165, 1.54) is 0 Å². The first-order valence-corrected chi connectivity index (χ1v) is 9.56. The van der Waals surface area contributed by atoms with E-state index in [1.54, 1.807) is 67.6 Å². The van der Waals surface area contributed by atoms with Gasteiger partial charge in [-0.1, -0.05) is 29.3 Å². The second-order valence-corrected chi connectivity index (χ2v) is 7.31. The van der Waals surface area contributed by atoms with Gasteiger partial charge in [0, 0.05) is 16.8 Å². The summed E-state index contributed by atoms with van der Waals surface area (Å²) >= 11 is 12.0. The SMILES string of the molecule is CC(Oc1ccc(Cl)cc1)C(=O)Nc1ccc2c(=O)c3cccc(Cl)c3oc2c1. The Balaban J connectivity index is 1.60. The van der Waals surface area contributed by atoms with Crippen molar-refractivity contribution in [3.05, 3.63) is 80.9 Å². The van der Waals surface area contributed by atoms with Crippen LogP contribution >= 0.6 is 23.2 Å². The zero-order valence-corrected chi connectivity index (χ0v) is 16.8. The molecule has 4 rings (SSSR count). The summed E-state index contributed by atoms with van der Waals surface area (Å²) in [4.78, 5) is 25.2. The maximum atomic E-state index is 12.7. The highest BCUT2D eigenvalue weighted by Crippen LogP contribution is 2.26. The lowest BCUT2D eigenvalue weighted by molar-refractivity contribution is -0.122. The number of hydrogen-bond acceptors (Lipinski definition) is 4. The van der Waals surface area contributed by atoms with Crippen LogP contribution in [0.5, 0.6) is 5.75 Å². The molecule has 29 heavy (non-hydrogen) atoms. The molecular weight excluding hydrogens is 413 g/mol. The van der Waals surface area contributed by atoms with Crippen LogP contribution in [0.4, 0.5) is 5.69 Å². The molecule has 0 spiro atoms. The van der Waals surface area contributed by atoms with Crippen molar-refractivity contribution in [3.8, 4) is 5.75 Å². The Bertz CT molecular complexity index is 1280. The average molecular weight is 428 g/mol. The summed E-state index contributed by atoms with van der Waals surface area (Å²) in [5.41, 5.74) is 0.943. The molecule has 146 valence electrons. The average Bonchev–Trinajstić information content (AvgIpc) is 2.70. The second kappa shape index (κ2) is 7.78. The van der Waals surface area contributed by atoms with Crippen molar-refractivity contribution in [3.63, 3.8) is 0 Å². The zero-order chi connectivity index (χ0) is 20.5. The van der Waals surface area contributed by atoms with E-state index in [1.807, 2.05) is 0 Å². The standard InChI is InChI=1S/C22H15Cl2NO4/c1-12(28-15-8-5-13(23)6-9-15)22(27)25-14-7-10-16-19(11-14)29-21-17(20(16)26)3-2-4-18(21)24/h2-12H,1H3,(H,25,27). The highest BCUT2D eigenvalue weighted by Gasteiger charge is 2.16. The molecule has 0 bridgehead atoms. The van der Waals surface area contributed by atoms with Gasteiger partial charge in [0.05, 0.1) is 15.8 Å². The van der Waals surface area contributed by atoms with Crippen molar-refractivity contribution in [1.82, 2.24) is 0 Å². The van der Waals surface area contributed by atoms with Crippen molar-refractivity contribution in [2.75, 3.05) is 5.32 Å². The Hall–Kier alpha value is -3.02. The maximum Gasteiger partial charge on any atom is 0.265 e. The Morgan fingerprint density at radius 2 is 1.79 bits per heavy atom. The molecule has 3 aromatic carbocycles. The Morgan fingerprint density at radius 3 is 2.55 bits per heavy atom. The Labute approximate surface area is 175 Å². The third kappa shape index (κ3) is 3.92. The molecule has 0 aliphatic rings. The van der Waals surface area contributed by atoms with Crippen molar-refractivity contribution in [2.45, 2.75) is 13.0 Å². The van der Waals surface area contributed by atoms with E-state index in [-0.39, 0.29) is 11.3 Å². The molecule has 0 saturated heterocycles. The third-order valence-corrected chi connectivity index (χ3v) is 4.96. The van der Waals surface area contributed by atoms with Gasteiger partial charge in [0.1, 0.15) is 11.3 Å². The molecule has 0 aliphatic carbocycles. The number of carbonyl (C=O) groups is 1. The van der Waals surface area contributed by atoms with Crippen LogP contribution in [0.3, 0.4) is 0 Å². The number of halogens is 2. The lowest BCUT2D eigenvalue weighted by Crippen LogP contribution is -2.30. The van der Waals surface area contributed by atoms with E-state index in [0.717, 1.165) is 0 Å². The smallest absolute Gasteiger partial charge is 0.265 e. The van der Waals surface area contributed by atoms with Gasteiger partial charge in [0.15, 0.2) is 11.7 Å². The fourth-order valence-corrected chi connectivity index (χ4v) is 3.27. The molecule has 7 heteroatoms. The number of para-hydroxylation sites is 1. The highest BCUT2D eigenvalue weighted by atomic mass is 35.5. The van der Waals surface area contributed by atoms with Crippen LogP contribution in [0, 0.1) is 0 Å². The summed E-state index contributed by atoms with van der Waals surface area (Å²) in [6, 6.07) is 16.6. The lowest BCUT2D eigenvalue weighted by Gasteiger charge is -2.15. The number of anilines is 1. The van der Waals surface area contributed by atoms with Crippen LogP contribution in [-0.2, 0) is 4.79 Å². The molecule has 1 atom stereocenters. The van der Waals surface area contributed by atoms with E-state index in [9.17, 15) is 9.59 Å². The van der Waals surface area contributed by atoms with Gasteiger partial charge in [-0.15, -0.1) is 0 Å². The molecule has 5 nitrogen and oxygen atoms in total. The molecule has 0 radical (unpaired) electrons. The molecule has 1 N–H and O–H groups in total. The zero-order valence-electron chi connectivity index (χ0n) is 15.2. The van der Waals surface area contributed by atoms with E-state index in [4.69, 9.17) is 32.4 Å². The number of rotatable bonds is 4. The maximum absolute atomic E-state index is 12.7. The fraction of sp³-hybridized carbons (Fsp3) is 0.0909. The molecular formula is C22H15Cl2NO4. The molecule has 0 saturated carbocycles. The predicted molar refractivity (Wildman–Crippen MR) is 115 cm³/mol. The number of carbonyl (C=O) groups excluding carboxylic acids is 1. The van der Waals surface area contributed by atoms with Crippen LogP contribution in [0.2, 0.25) is 10.0 Å². The first-order valence-electron chi connectivity index (χ1n) is 8.80. The molecule has 1 aromatic heterocycles. The fourth-order valence-electron chi connectivity index (χ4n) is 2.93. The number of nitrogens with one attached hydrogen (secondary N) is 1. The summed E-state index contributed by atoms with van der Waals surface area (Å²) < 4.78 is 11.4. The summed E-state index contributed by atoms with van der Waals surface area (Å²) in [7, 11) is 0. The lowest BCUT2D eigenvalue weighted by atomic mass is 10.1. The molecule has 1 heterocycles. The van der Waals surface area contributed by atoms with Crippen molar-refractivity contribution < 1.29 is 13.9 Å². The monoisotopic (exact) mass is 427 g/mol. The topological polar surface area (TPSA) is 68.5 Å². The number of amides is 1. The third-order valence-electron chi connectivity index (χ3n) is 4.41. The van der Waals surface area contributed by atoms with Gasteiger partial charge >= 0.3 is 0 Å². The van der Waals surface area contributed by atoms with Gasteiger partial charge in [0.2, 0.25) is 5.43 Å². The van der Waals surface area contributed by atoms with E-state index in [0.29, 0.717) is 43.4 Å². The van der Waals surface area contributed by atoms with Gasteiger partial charge < -0.3 is 14.5 Å². The predicted octanol–water partition coefficient (Wildman–Crippen LogP) is 5.66. The van der Waals surface area contributed by atoms with Crippen LogP contribution in [0.15, 0.2) is 69.9 Å². The van der Waals surface area contributed by atoms with Gasteiger partial charge in [0.25, 0.3) is 5.91 Å². The van der Waals surface area contributed by atoms with Crippen molar-refractivity contribution >= 4 is 56.7 Å². The Morgan fingerprint density at radius 1 is 1.03 bits per heavy atom. The molecule has 0 aliphatic heterocycles. The van der Waals surface area contributed by atoms with Crippen molar-refractivity contribution in [1.29, 1.82) is 0 Å². The Kier molecular flexibility index (Phi) is 5.18. The quantitative estimate of drug-likeness (QED) is 0.426. The van der Waals surface area contributed by atoms with Crippen LogP contribution in [0.25, 0.3) is 21.9 Å². The van der Waals surface area contributed by atoms with Gasteiger partial charge in [-0.05, 0) is 55.5 Å². The molecule has 1 amide bonds. The summed E-state index contributed by atoms with van der Waals surface area (Å²) in [6.07, 6.45) is -0.745. The summed E-state index contributed by atoms with van der Waals surface area (Å²) in [5, 5.41) is 4.51. The van der Waals surface area contributed by atoms with Gasteiger partial charge in [-0.25, -0.2) is 0 Å². The number of ether oxygens (including phenoxy) is 1. The second-order valence-electron chi connectivity index (χ2n) is 6.46. The molecule has 4 aromatic rings. The highest BCUT2D eigenvalue weighted by molar-refractivity contribution is 6.34. The first kappa shape index (κ1) is 19.3. The summed E-state index contributed by atoms with van der Waals surface area (Å²) in [5.74, 6) is 0.183. The van der Waals surface area contributed by atoms with Crippen LogP contribution in [-0.4, -0.2) is 12.0 Å². The van der Waals surface area contributed by atoms with Crippen LogP contribution < -0.4 is 15.5 Å². The molecule has 0 fully saturated rings. The normalized spacial score (nSPS) is 12.1. The van der Waals surface area contributed by atoms with Crippen LogP contribution in [0.1, 0.15) is 6.92 Å². The van der Waals surface area contributed by atoms with Gasteiger partial charge in [-0.2, -0.15) is 0 Å². The number of hydrogen-bond donors (Lipinski definition) is 1. The van der Waals surface area contributed by atoms with Crippen molar-refractivity contribution in [2.24, 2.45) is 0 Å². The van der Waals surface area contributed by atoms with E-state index < -0.39 is 6.10 Å². The number of benzene rings is 3.